The third-order valence-electron chi connectivity index (χ3n) is 2.41. The van der Waals surface area contributed by atoms with Crippen LogP contribution >= 0.6 is 0 Å². The summed E-state index contributed by atoms with van der Waals surface area (Å²) in [7, 11) is 5.23. The lowest BCUT2D eigenvalue weighted by Crippen LogP contribution is -2.29. The molecule has 0 spiro atoms. The Morgan fingerprint density at radius 1 is 1.62 bits per heavy atom. The first-order valence-electron chi connectivity index (χ1n) is 5.31. The monoisotopic (exact) mass is 225 g/mol. The van der Waals surface area contributed by atoms with E-state index in [1.807, 2.05) is 6.92 Å². The van der Waals surface area contributed by atoms with Crippen LogP contribution in [0.4, 0.5) is 0 Å². The average molecular weight is 225 g/mol. The molecule has 0 aliphatic heterocycles. The van der Waals surface area contributed by atoms with Gasteiger partial charge in [-0.2, -0.15) is 5.10 Å². The fourth-order valence-electron chi connectivity index (χ4n) is 1.55. The number of hydrogen-bond acceptors (Lipinski definition) is 3. The van der Waals surface area contributed by atoms with E-state index in [9.17, 15) is 4.79 Å². The number of aryl methyl sites for hydroxylation is 2. The van der Waals surface area contributed by atoms with Gasteiger partial charge in [-0.15, -0.1) is 0 Å². The number of nitrogens with zero attached hydrogens (tertiary/aromatic N) is 3. The molecule has 1 rings (SSSR count). The molecule has 0 N–H and O–H groups in total. The largest absolute Gasteiger partial charge is 0.385 e. The van der Waals surface area contributed by atoms with Gasteiger partial charge in [-0.3, -0.25) is 9.48 Å². The maximum atomic E-state index is 12.0. The van der Waals surface area contributed by atoms with Crippen LogP contribution in [0.1, 0.15) is 22.6 Å². The van der Waals surface area contributed by atoms with Gasteiger partial charge in [0.2, 0.25) is 0 Å². The van der Waals surface area contributed by atoms with E-state index in [2.05, 4.69) is 5.10 Å². The van der Waals surface area contributed by atoms with Gasteiger partial charge in [0.1, 0.15) is 5.69 Å². The minimum Gasteiger partial charge on any atom is -0.385 e. The summed E-state index contributed by atoms with van der Waals surface area (Å²) in [5, 5.41) is 4.16. The molecule has 0 unspecified atom stereocenters. The van der Waals surface area contributed by atoms with Crippen molar-refractivity contribution in [3.63, 3.8) is 0 Å². The van der Waals surface area contributed by atoms with E-state index in [-0.39, 0.29) is 5.91 Å². The summed E-state index contributed by atoms with van der Waals surface area (Å²) in [6.07, 6.45) is 0.843. The number of carbonyl (C=O) groups excluding carboxylic acids is 1. The summed E-state index contributed by atoms with van der Waals surface area (Å²) in [6, 6.07) is 1.80. The minimum absolute atomic E-state index is 0.000738. The first-order valence-corrected chi connectivity index (χ1v) is 5.31. The van der Waals surface area contributed by atoms with Crippen molar-refractivity contribution >= 4 is 5.91 Å². The molecule has 0 aliphatic carbocycles. The predicted octanol–water partition coefficient (Wildman–Crippen LogP) is 0.837. The highest BCUT2D eigenvalue weighted by molar-refractivity contribution is 5.92. The number of methoxy groups -OCH3 is 1. The van der Waals surface area contributed by atoms with Crippen molar-refractivity contribution in [1.82, 2.24) is 14.7 Å². The molecule has 0 saturated heterocycles. The Hall–Kier alpha value is -1.36. The van der Waals surface area contributed by atoms with Gasteiger partial charge in [-0.1, -0.05) is 0 Å². The van der Waals surface area contributed by atoms with Gasteiger partial charge in [0.15, 0.2) is 0 Å². The Morgan fingerprint density at radius 2 is 2.31 bits per heavy atom. The summed E-state index contributed by atoms with van der Waals surface area (Å²) in [6.45, 7) is 3.24. The number of amides is 1. The van der Waals surface area contributed by atoms with Crippen molar-refractivity contribution in [1.29, 1.82) is 0 Å². The molecule has 0 radical (unpaired) electrons. The lowest BCUT2D eigenvalue weighted by molar-refractivity contribution is 0.0768. The van der Waals surface area contributed by atoms with Crippen LogP contribution in [0.3, 0.4) is 0 Å². The van der Waals surface area contributed by atoms with Crippen LogP contribution in [0.15, 0.2) is 6.07 Å². The van der Waals surface area contributed by atoms with E-state index in [4.69, 9.17) is 4.74 Å². The smallest absolute Gasteiger partial charge is 0.271 e. The summed E-state index contributed by atoms with van der Waals surface area (Å²) in [5.41, 5.74) is 1.48. The van der Waals surface area contributed by atoms with Crippen molar-refractivity contribution in [2.45, 2.75) is 13.3 Å². The average Bonchev–Trinajstić information content (AvgIpc) is 2.57. The number of rotatable bonds is 5. The maximum Gasteiger partial charge on any atom is 0.271 e. The fraction of sp³-hybridized carbons (Fsp3) is 0.636. The molecule has 0 aliphatic rings. The van der Waals surface area contributed by atoms with Crippen molar-refractivity contribution < 1.29 is 9.53 Å². The standard InChI is InChI=1S/C11H19N3O2/c1-9-8-10(14(3)12-9)11(15)13(2)6-5-7-16-4/h8H,5-7H2,1-4H3. The van der Waals surface area contributed by atoms with Crippen molar-refractivity contribution in [3.05, 3.63) is 17.5 Å². The second-order valence-corrected chi connectivity index (χ2v) is 3.87. The Labute approximate surface area is 96.0 Å². The molecule has 0 atom stereocenters. The molecule has 16 heavy (non-hydrogen) atoms. The molecule has 0 fully saturated rings. The number of aromatic nitrogens is 2. The second-order valence-electron chi connectivity index (χ2n) is 3.87. The highest BCUT2D eigenvalue weighted by Crippen LogP contribution is 2.05. The van der Waals surface area contributed by atoms with E-state index >= 15 is 0 Å². The van der Waals surface area contributed by atoms with E-state index in [0.29, 0.717) is 18.8 Å². The van der Waals surface area contributed by atoms with Crippen LogP contribution in [-0.4, -0.2) is 47.9 Å². The molecule has 90 valence electrons. The third-order valence-corrected chi connectivity index (χ3v) is 2.41. The molecular weight excluding hydrogens is 206 g/mol. The quantitative estimate of drug-likeness (QED) is 0.698. The van der Waals surface area contributed by atoms with Gasteiger partial charge in [0.05, 0.1) is 5.69 Å². The van der Waals surface area contributed by atoms with E-state index < -0.39 is 0 Å². The molecule has 0 aromatic carbocycles. The zero-order valence-electron chi connectivity index (χ0n) is 10.4. The van der Waals surface area contributed by atoms with Gasteiger partial charge in [0, 0.05) is 34.4 Å². The Kier molecular flexibility index (Phi) is 4.49. The lowest BCUT2D eigenvalue weighted by Gasteiger charge is -2.16. The Bertz CT molecular complexity index is 360. The van der Waals surface area contributed by atoms with E-state index in [0.717, 1.165) is 12.1 Å². The van der Waals surface area contributed by atoms with Crippen LogP contribution in [-0.2, 0) is 11.8 Å². The van der Waals surface area contributed by atoms with Crippen LogP contribution in [0.5, 0.6) is 0 Å². The number of ether oxygens (including phenoxy) is 1. The van der Waals surface area contributed by atoms with Crippen LogP contribution < -0.4 is 0 Å². The first kappa shape index (κ1) is 12.7. The normalized spacial score (nSPS) is 10.5. The van der Waals surface area contributed by atoms with Crippen LogP contribution in [0.2, 0.25) is 0 Å². The third kappa shape index (κ3) is 3.06. The summed E-state index contributed by atoms with van der Waals surface area (Å²) in [5.74, 6) is -0.000738. The number of carbonyl (C=O) groups is 1. The van der Waals surface area contributed by atoms with Gasteiger partial charge in [0.25, 0.3) is 5.91 Å². The molecule has 1 aromatic heterocycles. The van der Waals surface area contributed by atoms with Gasteiger partial charge < -0.3 is 9.64 Å². The zero-order valence-corrected chi connectivity index (χ0v) is 10.4. The molecular formula is C11H19N3O2. The molecule has 1 aromatic rings. The van der Waals surface area contributed by atoms with E-state index in [1.54, 1.807) is 36.9 Å². The Morgan fingerprint density at radius 3 is 2.81 bits per heavy atom. The molecule has 1 heterocycles. The number of hydrogen-bond donors (Lipinski definition) is 0. The lowest BCUT2D eigenvalue weighted by atomic mass is 10.3. The molecule has 0 bridgehead atoms. The highest BCUT2D eigenvalue weighted by atomic mass is 16.5. The molecule has 1 amide bonds. The van der Waals surface area contributed by atoms with Gasteiger partial charge in [-0.25, -0.2) is 0 Å². The Balaban J connectivity index is 2.60. The SMILES string of the molecule is COCCCN(C)C(=O)c1cc(C)nn1C. The summed E-state index contributed by atoms with van der Waals surface area (Å²) >= 11 is 0. The van der Waals surface area contributed by atoms with Crippen LogP contribution in [0, 0.1) is 6.92 Å². The first-order chi connectivity index (χ1) is 7.56. The zero-order chi connectivity index (χ0) is 12.1. The molecule has 5 nitrogen and oxygen atoms in total. The summed E-state index contributed by atoms with van der Waals surface area (Å²) in [4.78, 5) is 13.7. The van der Waals surface area contributed by atoms with E-state index in [1.165, 1.54) is 0 Å². The summed E-state index contributed by atoms with van der Waals surface area (Å²) < 4.78 is 6.57. The predicted molar refractivity (Wildman–Crippen MR) is 61.4 cm³/mol. The minimum atomic E-state index is -0.000738. The highest BCUT2D eigenvalue weighted by Gasteiger charge is 2.15. The van der Waals surface area contributed by atoms with Crippen molar-refractivity contribution in [2.24, 2.45) is 7.05 Å². The van der Waals surface area contributed by atoms with Crippen molar-refractivity contribution in [2.75, 3.05) is 27.3 Å². The van der Waals surface area contributed by atoms with Gasteiger partial charge in [-0.05, 0) is 19.4 Å². The van der Waals surface area contributed by atoms with Crippen molar-refractivity contribution in [3.8, 4) is 0 Å². The topological polar surface area (TPSA) is 47.4 Å². The van der Waals surface area contributed by atoms with Gasteiger partial charge >= 0.3 is 0 Å². The second kappa shape index (κ2) is 5.65. The van der Waals surface area contributed by atoms with Crippen LogP contribution in [0.25, 0.3) is 0 Å². The fourth-order valence-corrected chi connectivity index (χ4v) is 1.55. The maximum absolute atomic E-state index is 12.0. The molecule has 0 saturated carbocycles. The molecule has 5 heteroatoms.